The highest BCUT2D eigenvalue weighted by atomic mass is 35.5. The summed E-state index contributed by atoms with van der Waals surface area (Å²) in [6.45, 7) is -0.706. The minimum absolute atomic E-state index is 0.0470. The Kier molecular flexibility index (Phi) is 9.14. The van der Waals surface area contributed by atoms with Gasteiger partial charge in [-0.15, -0.1) is 15.9 Å². The number of hydrogen-bond acceptors (Lipinski definition) is 8. The Morgan fingerprint density at radius 2 is 1.69 bits per heavy atom. The van der Waals surface area contributed by atoms with Gasteiger partial charge in [0.25, 0.3) is 0 Å². The van der Waals surface area contributed by atoms with Crippen LogP contribution in [0.1, 0.15) is 32.1 Å². The van der Waals surface area contributed by atoms with Crippen molar-refractivity contribution in [2.45, 2.75) is 80.8 Å². The summed E-state index contributed by atoms with van der Waals surface area (Å²) in [6.07, 6.45) is -4.35. The number of nitrogens with zero attached hydrogens (tertiary/aromatic N) is 1. The van der Waals surface area contributed by atoms with E-state index < -0.39 is 53.7 Å². The molecule has 188 valence electrons. The summed E-state index contributed by atoms with van der Waals surface area (Å²) in [5, 5.41) is 14.8. The number of hydrogen-bond donors (Lipinski definition) is 5. The highest BCUT2D eigenvalue weighted by Crippen LogP contribution is 2.26. The molecule has 0 spiro atoms. The average molecular weight is 511 g/mol. The van der Waals surface area contributed by atoms with Gasteiger partial charge in [0.1, 0.15) is 42.0 Å². The van der Waals surface area contributed by atoms with E-state index in [0.29, 0.717) is 45.2 Å². The summed E-state index contributed by atoms with van der Waals surface area (Å²) in [6, 6.07) is -0.163. The highest BCUT2D eigenvalue weighted by molar-refractivity contribution is 7.94. The fourth-order valence-corrected chi connectivity index (χ4v) is 5.35. The van der Waals surface area contributed by atoms with Gasteiger partial charge in [-0.05, 0) is 32.1 Å². The zero-order valence-electron chi connectivity index (χ0n) is 17.7. The molecule has 2 aliphatic heterocycles. The number of halogens is 5. The van der Waals surface area contributed by atoms with Gasteiger partial charge in [0.15, 0.2) is 6.35 Å². The summed E-state index contributed by atoms with van der Waals surface area (Å²) in [4.78, 5) is 0. The molecular formula is C17H31ClF4N6O3S. The van der Waals surface area contributed by atoms with Gasteiger partial charge >= 0.3 is 6.18 Å². The van der Waals surface area contributed by atoms with E-state index >= 15 is 0 Å². The van der Waals surface area contributed by atoms with Gasteiger partial charge in [-0.25, -0.2) is 4.39 Å². The second-order valence-electron chi connectivity index (χ2n) is 8.48. The van der Waals surface area contributed by atoms with Gasteiger partial charge in [-0.3, -0.25) is 26.6 Å². The molecule has 0 aromatic heterocycles. The molecule has 7 atom stereocenters. The van der Waals surface area contributed by atoms with Crippen LogP contribution in [0.2, 0.25) is 0 Å². The molecule has 3 aliphatic rings. The van der Waals surface area contributed by atoms with E-state index in [4.69, 9.17) is 16.3 Å². The maximum absolute atomic E-state index is 13.6. The molecule has 3 rings (SSSR count). The summed E-state index contributed by atoms with van der Waals surface area (Å²) >= 11 is 6.03. The van der Waals surface area contributed by atoms with E-state index in [-0.39, 0.29) is 12.1 Å². The average Bonchev–Trinajstić information content (AvgIpc) is 2.68. The number of rotatable bonds is 7. The quantitative estimate of drug-likeness (QED) is 0.191. The Labute approximate surface area is 191 Å². The van der Waals surface area contributed by atoms with E-state index in [2.05, 4.69) is 26.6 Å². The number of alkyl halides is 5. The largest absolute Gasteiger partial charge is 0.598 e. The van der Waals surface area contributed by atoms with Crippen LogP contribution in [0.25, 0.3) is 0 Å². The summed E-state index contributed by atoms with van der Waals surface area (Å²) in [7, 11) is -3.26. The minimum Gasteiger partial charge on any atom is -0.598 e. The Balaban J connectivity index is 1.56. The first-order chi connectivity index (χ1) is 14.9. The molecule has 2 saturated heterocycles. The molecule has 0 aromatic rings. The molecule has 5 N–H and O–H groups in total. The third-order valence-electron chi connectivity index (χ3n) is 5.80. The van der Waals surface area contributed by atoms with Gasteiger partial charge in [0.05, 0.1) is 5.38 Å². The monoisotopic (exact) mass is 510 g/mol. The van der Waals surface area contributed by atoms with Gasteiger partial charge in [0.2, 0.25) is 0 Å². The molecule has 0 aromatic carbocycles. The molecule has 1 saturated carbocycles. The van der Waals surface area contributed by atoms with Crippen molar-refractivity contribution in [2.75, 3.05) is 26.0 Å². The van der Waals surface area contributed by atoms with Gasteiger partial charge in [-0.1, -0.05) is 4.21 Å². The first-order valence-corrected chi connectivity index (χ1v) is 12.9. The van der Waals surface area contributed by atoms with Gasteiger partial charge in [-0.2, -0.15) is 13.2 Å². The first-order valence-electron chi connectivity index (χ1n) is 10.6. The van der Waals surface area contributed by atoms with Crippen molar-refractivity contribution in [3.63, 3.8) is 0 Å². The number of piperidine rings is 1. The normalized spacial score (nSPS) is 37.8. The SMILES string of the molecule is C[S+](=O)([O-])N1CCC(NC2NC(NC3CCC(F)C(Cl)C3)NC(OCC(F)(F)F)N2)CC1. The maximum atomic E-state index is 13.6. The second kappa shape index (κ2) is 11.1. The molecule has 0 bridgehead atoms. The van der Waals surface area contributed by atoms with Crippen molar-refractivity contribution in [3.05, 3.63) is 0 Å². The van der Waals surface area contributed by atoms with Crippen LogP contribution in [0, 0.1) is 0 Å². The standard InChI is InChI=1S/C17H31ClF4N6O3S/c1-32(29,30)28-6-4-10(5-7-28)23-14-25-15(24-11-2-3-13(19)12(18)8-11)27-16(26-14)31-9-17(20,21)22/h10-16,23-27H,2-9H2,1H3. The molecular weight excluding hydrogens is 480 g/mol. The van der Waals surface area contributed by atoms with Crippen LogP contribution < -0.4 is 26.6 Å². The lowest BCUT2D eigenvalue weighted by Crippen LogP contribution is -2.76. The molecule has 3 fully saturated rings. The van der Waals surface area contributed by atoms with Crippen molar-refractivity contribution in [2.24, 2.45) is 0 Å². The summed E-state index contributed by atoms with van der Waals surface area (Å²) in [5.74, 6) is 0. The van der Waals surface area contributed by atoms with E-state index in [9.17, 15) is 26.3 Å². The predicted octanol–water partition coefficient (Wildman–Crippen LogP) is 0.515. The smallest absolute Gasteiger partial charge is 0.411 e. The number of sulfonamides is 1. The molecule has 0 radical (unpaired) electrons. The Bertz CT molecular complexity index is 654. The highest BCUT2D eigenvalue weighted by Gasteiger charge is 2.37. The Morgan fingerprint density at radius 1 is 1.09 bits per heavy atom. The lowest BCUT2D eigenvalue weighted by atomic mass is 9.93. The predicted molar refractivity (Wildman–Crippen MR) is 111 cm³/mol. The van der Waals surface area contributed by atoms with Crippen LogP contribution >= 0.6 is 11.6 Å². The van der Waals surface area contributed by atoms with Crippen LogP contribution in [0.4, 0.5) is 17.6 Å². The van der Waals surface area contributed by atoms with Crippen molar-refractivity contribution >= 4 is 22.0 Å². The van der Waals surface area contributed by atoms with Crippen LogP contribution in [-0.2, 0) is 19.3 Å². The van der Waals surface area contributed by atoms with Gasteiger partial charge < -0.3 is 9.29 Å². The van der Waals surface area contributed by atoms with Crippen molar-refractivity contribution in [3.8, 4) is 0 Å². The van der Waals surface area contributed by atoms with E-state index in [1.165, 1.54) is 4.31 Å². The van der Waals surface area contributed by atoms with Crippen LogP contribution in [0.5, 0.6) is 0 Å². The lowest BCUT2D eigenvalue weighted by Gasteiger charge is -2.43. The molecule has 9 nitrogen and oxygen atoms in total. The maximum Gasteiger partial charge on any atom is 0.411 e. The molecule has 15 heteroatoms. The lowest BCUT2D eigenvalue weighted by molar-refractivity contribution is -0.199. The molecule has 32 heavy (non-hydrogen) atoms. The second-order valence-corrected chi connectivity index (χ2v) is 11.0. The summed E-state index contributed by atoms with van der Waals surface area (Å²) < 4.78 is 81.2. The zero-order valence-corrected chi connectivity index (χ0v) is 19.2. The number of ether oxygens (including phenoxy) is 1. The van der Waals surface area contributed by atoms with Crippen molar-refractivity contribution < 1.29 is 31.1 Å². The van der Waals surface area contributed by atoms with Gasteiger partial charge in [0, 0.05) is 25.2 Å². The molecule has 2 heterocycles. The third-order valence-corrected chi connectivity index (χ3v) is 7.56. The fraction of sp³-hybridized carbons (Fsp3) is 1.00. The van der Waals surface area contributed by atoms with E-state index in [0.717, 1.165) is 6.26 Å². The van der Waals surface area contributed by atoms with Crippen LogP contribution in [0.15, 0.2) is 0 Å². The summed E-state index contributed by atoms with van der Waals surface area (Å²) in [5.41, 5.74) is 0. The third kappa shape index (κ3) is 8.25. The molecule has 0 amide bonds. The Morgan fingerprint density at radius 3 is 2.22 bits per heavy atom. The molecule has 7 unspecified atom stereocenters. The van der Waals surface area contributed by atoms with Crippen LogP contribution in [0.3, 0.4) is 0 Å². The zero-order chi connectivity index (χ0) is 23.5. The fourth-order valence-electron chi connectivity index (χ4n) is 4.14. The first kappa shape index (κ1) is 26.4. The topological polar surface area (TPSA) is 113 Å². The van der Waals surface area contributed by atoms with E-state index in [1.807, 2.05) is 0 Å². The van der Waals surface area contributed by atoms with Crippen molar-refractivity contribution in [1.82, 2.24) is 30.9 Å². The minimum atomic E-state index is -4.48. The Hall–Kier alpha value is -0.160. The van der Waals surface area contributed by atoms with Crippen molar-refractivity contribution in [1.29, 1.82) is 0 Å². The van der Waals surface area contributed by atoms with Crippen LogP contribution in [-0.4, -0.2) is 83.6 Å². The number of nitrogens with one attached hydrogen (secondary N) is 5. The van der Waals surface area contributed by atoms with E-state index in [1.54, 1.807) is 0 Å². The molecule has 1 aliphatic carbocycles.